The first-order chi connectivity index (χ1) is 8.23. The van der Waals surface area contributed by atoms with E-state index < -0.39 is 18.1 Å². The standard InChI is InChI=1S/C12H21F3N2O/c1-11(2,17-8-6-16-7-9-17)10(18)4-3-5-12(13,14)15/h16H,3-9H2,1-2H3. The molecular weight excluding hydrogens is 245 g/mol. The van der Waals surface area contributed by atoms with Crippen molar-refractivity contribution in [2.75, 3.05) is 26.2 Å². The van der Waals surface area contributed by atoms with E-state index in [0.717, 1.165) is 26.2 Å². The minimum atomic E-state index is -4.17. The molecule has 106 valence electrons. The highest BCUT2D eigenvalue weighted by molar-refractivity contribution is 5.87. The summed E-state index contributed by atoms with van der Waals surface area (Å²) in [6.45, 7) is 6.76. The molecule has 0 aromatic heterocycles. The van der Waals surface area contributed by atoms with Crippen LogP contribution in [0, 0.1) is 0 Å². The topological polar surface area (TPSA) is 32.3 Å². The molecule has 1 aliphatic rings. The molecule has 0 unspecified atom stereocenters. The number of rotatable bonds is 5. The van der Waals surface area contributed by atoms with Crippen LogP contribution < -0.4 is 5.32 Å². The van der Waals surface area contributed by atoms with E-state index in [-0.39, 0.29) is 18.6 Å². The van der Waals surface area contributed by atoms with Gasteiger partial charge < -0.3 is 5.32 Å². The van der Waals surface area contributed by atoms with Crippen LogP contribution in [0.5, 0.6) is 0 Å². The van der Waals surface area contributed by atoms with Crippen molar-refractivity contribution in [1.29, 1.82) is 0 Å². The first kappa shape index (κ1) is 15.4. The van der Waals surface area contributed by atoms with E-state index in [2.05, 4.69) is 5.32 Å². The number of nitrogens with one attached hydrogen (secondary N) is 1. The van der Waals surface area contributed by atoms with Gasteiger partial charge in [-0.1, -0.05) is 0 Å². The monoisotopic (exact) mass is 266 g/mol. The Labute approximate surface area is 106 Å². The molecule has 0 atom stereocenters. The van der Waals surface area contributed by atoms with Gasteiger partial charge in [0.05, 0.1) is 5.54 Å². The van der Waals surface area contributed by atoms with Crippen LogP contribution >= 0.6 is 0 Å². The number of alkyl halides is 3. The molecule has 18 heavy (non-hydrogen) atoms. The van der Waals surface area contributed by atoms with Crippen LogP contribution in [0.2, 0.25) is 0 Å². The second kappa shape index (κ2) is 6.02. The normalized spacial score (nSPS) is 18.9. The van der Waals surface area contributed by atoms with Gasteiger partial charge in [-0.05, 0) is 20.3 Å². The molecule has 1 fully saturated rings. The summed E-state index contributed by atoms with van der Waals surface area (Å²) in [6.07, 6.45) is -5.16. The van der Waals surface area contributed by atoms with Crippen LogP contribution in [-0.4, -0.2) is 48.6 Å². The number of halogens is 3. The van der Waals surface area contributed by atoms with E-state index >= 15 is 0 Å². The van der Waals surface area contributed by atoms with Crippen LogP contribution in [0.3, 0.4) is 0 Å². The lowest BCUT2D eigenvalue weighted by Gasteiger charge is -2.40. The second-order valence-corrected chi connectivity index (χ2v) is 5.19. The molecule has 1 saturated heterocycles. The zero-order valence-electron chi connectivity index (χ0n) is 10.9. The maximum absolute atomic E-state index is 12.0. The molecule has 1 rings (SSSR count). The second-order valence-electron chi connectivity index (χ2n) is 5.19. The molecule has 0 aromatic carbocycles. The maximum Gasteiger partial charge on any atom is 0.389 e. The Hall–Kier alpha value is -0.620. The fourth-order valence-corrected chi connectivity index (χ4v) is 2.16. The molecule has 1 N–H and O–H groups in total. The lowest BCUT2D eigenvalue weighted by atomic mass is 9.92. The van der Waals surface area contributed by atoms with E-state index in [1.54, 1.807) is 13.8 Å². The molecule has 6 heteroatoms. The Morgan fingerprint density at radius 2 is 1.78 bits per heavy atom. The summed E-state index contributed by atoms with van der Waals surface area (Å²) >= 11 is 0. The van der Waals surface area contributed by atoms with Crippen LogP contribution in [0.1, 0.15) is 33.1 Å². The predicted octanol–water partition coefficient (Wildman–Crippen LogP) is 1.97. The highest BCUT2D eigenvalue weighted by Gasteiger charge is 2.35. The van der Waals surface area contributed by atoms with E-state index in [1.807, 2.05) is 4.90 Å². The molecular formula is C12H21F3N2O. The highest BCUT2D eigenvalue weighted by atomic mass is 19.4. The Morgan fingerprint density at radius 1 is 1.22 bits per heavy atom. The number of carbonyl (C=O) groups is 1. The third-order valence-electron chi connectivity index (χ3n) is 3.45. The fourth-order valence-electron chi connectivity index (χ4n) is 2.16. The number of nitrogens with zero attached hydrogens (tertiary/aromatic N) is 1. The fraction of sp³-hybridized carbons (Fsp3) is 0.917. The van der Waals surface area contributed by atoms with Crippen LogP contribution in [0.25, 0.3) is 0 Å². The number of hydrogen-bond acceptors (Lipinski definition) is 3. The molecule has 3 nitrogen and oxygen atoms in total. The zero-order valence-corrected chi connectivity index (χ0v) is 10.9. The van der Waals surface area contributed by atoms with Gasteiger partial charge in [0.15, 0.2) is 5.78 Å². The Bertz CT molecular complexity index is 284. The largest absolute Gasteiger partial charge is 0.389 e. The first-order valence-electron chi connectivity index (χ1n) is 6.29. The van der Waals surface area contributed by atoms with Crippen molar-refractivity contribution in [1.82, 2.24) is 10.2 Å². The summed E-state index contributed by atoms with van der Waals surface area (Å²) in [5.74, 6) is -0.103. The molecule has 1 heterocycles. The number of ketones is 1. The summed E-state index contributed by atoms with van der Waals surface area (Å²) in [5.41, 5.74) is -0.659. The Balaban J connectivity index is 2.43. The number of carbonyl (C=O) groups excluding carboxylic acids is 1. The molecule has 1 aliphatic heterocycles. The number of Topliss-reactive ketones (excluding diaryl/α,β-unsaturated/α-hetero) is 1. The van der Waals surface area contributed by atoms with Gasteiger partial charge in [-0.15, -0.1) is 0 Å². The van der Waals surface area contributed by atoms with Gasteiger partial charge in [-0.3, -0.25) is 9.69 Å². The van der Waals surface area contributed by atoms with Gasteiger partial charge in [0, 0.05) is 39.0 Å². The van der Waals surface area contributed by atoms with Crippen LogP contribution in [0.4, 0.5) is 13.2 Å². The summed E-state index contributed by atoms with van der Waals surface area (Å²) < 4.78 is 36.1. The quantitative estimate of drug-likeness (QED) is 0.825. The number of hydrogen-bond donors (Lipinski definition) is 1. The molecule has 0 aromatic rings. The Kier molecular flexibility index (Phi) is 5.16. The summed E-state index contributed by atoms with van der Waals surface area (Å²) in [5, 5.41) is 3.19. The summed E-state index contributed by atoms with van der Waals surface area (Å²) in [6, 6.07) is 0. The van der Waals surface area contributed by atoms with Gasteiger partial charge in [0.2, 0.25) is 0 Å². The van der Waals surface area contributed by atoms with Crippen molar-refractivity contribution in [2.45, 2.75) is 44.8 Å². The third kappa shape index (κ3) is 4.57. The van der Waals surface area contributed by atoms with Gasteiger partial charge in [0.25, 0.3) is 0 Å². The maximum atomic E-state index is 12.0. The van der Waals surface area contributed by atoms with Crippen molar-refractivity contribution < 1.29 is 18.0 Å². The molecule has 0 aliphatic carbocycles. The molecule has 0 bridgehead atoms. The minimum absolute atomic E-state index is 0.00353. The van der Waals surface area contributed by atoms with Gasteiger partial charge >= 0.3 is 6.18 Å². The van der Waals surface area contributed by atoms with E-state index in [0.29, 0.717) is 0 Å². The van der Waals surface area contributed by atoms with Crippen molar-refractivity contribution in [3.05, 3.63) is 0 Å². The van der Waals surface area contributed by atoms with E-state index in [4.69, 9.17) is 0 Å². The first-order valence-corrected chi connectivity index (χ1v) is 6.29. The lowest BCUT2D eigenvalue weighted by molar-refractivity contribution is -0.139. The smallest absolute Gasteiger partial charge is 0.314 e. The van der Waals surface area contributed by atoms with E-state index in [1.165, 1.54) is 0 Å². The van der Waals surface area contributed by atoms with Crippen molar-refractivity contribution >= 4 is 5.78 Å². The molecule has 0 radical (unpaired) electrons. The summed E-state index contributed by atoms with van der Waals surface area (Å²) in [7, 11) is 0. The van der Waals surface area contributed by atoms with Crippen molar-refractivity contribution in [3.8, 4) is 0 Å². The SMILES string of the molecule is CC(C)(C(=O)CCCC(F)(F)F)N1CCNCC1. The summed E-state index contributed by atoms with van der Waals surface area (Å²) in [4.78, 5) is 14.1. The molecule has 0 amide bonds. The van der Waals surface area contributed by atoms with E-state index in [9.17, 15) is 18.0 Å². The minimum Gasteiger partial charge on any atom is -0.314 e. The lowest BCUT2D eigenvalue weighted by Crippen LogP contribution is -2.57. The molecule has 0 saturated carbocycles. The van der Waals surface area contributed by atoms with Gasteiger partial charge in [0.1, 0.15) is 0 Å². The van der Waals surface area contributed by atoms with Crippen LogP contribution in [0.15, 0.2) is 0 Å². The van der Waals surface area contributed by atoms with Crippen molar-refractivity contribution in [2.24, 2.45) is 0 Å². The van der Waals surface area contributed by atoms with Gasteiger partial charge in [-0.2, -0.15) is 13.2 Å². The van der Waals surface area contributed by atoms with Gasteiger partial charge in [-0.25, -0.2) is 0 Å². The highest BCUT2D eigenvalue weighted by Crippen LogP contribution is 2.25. The number of piperazine rings is 1. The molecule has 0 spiro atoms. The Morgan fingerprint density at radius 3 is 2.28 bits per heavy atom. The average Bonchev–Trinajstić information content (AvgIpc) is 2.28. The average molecular weight is 266 g/mol. The van der Waals surface area contributed by atoms with Crippen molar-refractivity contribution in [3.63, 3.8) is 0 Å². The third-order valence-corrected chi connectivity index (χ3v) is 3.45. The van der Waals surface area contributed by atoms with Crippen LogP contribution in [-0.2, 0) is 4.79 Å². The predicted molar refractivity (Wildman–Crippen MR) is 63.4 cm³/mol. The zero-order chi connectivity index (χ0) is 13.8.